The van der Waals surface area contributed by atoms with Crippen molar-refractivity contribution in [1.29, 1.82) is 0 Å². The molecule has 0 spiro atoms. The van der Waals surface area contributed by atoms with E-state index in [1.807, 2.05) is 45.0 Å². The maximum atomic E-state index is 10.9. The van der Waals surface area contributed by atoms with Crippen LogP contribution in [0, 0.1) is 6.92 Å². The van der Waals surface area contributed by atoms with Gasteiger partial charge in [0.25, 0.3) is 0 Å². The fourth-order valence-corrected chi connectivity index (χ4v) is 1.34. The third-order valence-electron chi connectivity index (χ3n) is 1.98. The van der Waals surface area contributed by atoms with Crippen molar-refractivity contribution in [2.24, 2.45) is 0 Å². The van der Waals surface area contributed by atoms with E-state index in [0.29, 0.717) is 0 Å². The van der Waals surface area contributed by atoms with E-state index in [1.165, 1.54) is 5.56 Å². The van der Waals surface area contributed by atoms with Gasteiger partial charge in [-0.2, -0.15) is 0 Å². The van der Waals surface area contributed by atoms with Crippen molar-refractivity contribution in [2.45, 2.75) is 20.8 Å². The molecule has 1 N–H and O–H groups in total. The van der Waals surface area contributed by atoms with E-state index in [2.05, 4.69) is 4.98 Å². The molecular formula is C12H15NO. The van der Waals surface area contributed by atoms with Crippen LogP contribution in [0.15, 0.2) is 35.1 Å². The van der Waals surface area contributed by atoms with E-state index in [1.54, 1.807) is 6.07 Å². The molecule has 0 aliphatic carbocycles. The Morgan fingerprint density at radius 2 is 1.79 bits per heavy atom. The molecule has 0 atom stereocenters. The maximum absolute atomic E-state index is 10.9. The Hall–Kier alpha value is -1.57. The van der Waals surface area contributed by atoms with Crippen molar-refractivity contribution in [1.82, 2.24) is 4.98 Å². The molecule has 0 fully saturated rings. The van der Waals surface area contributed by atoms with Crippen LogP contribution in [-0.2, 0) is 0 Å². The van der Waals surface area contributed by atoms with Gasteiger partial charge in [-0.1, -0.05) is 26.0 Å². The molecule has 1 aromatic heterocycles. The van der Waals surface area contributed by atoms with Crippen molar-refractivity contribution in [3.63, 3.8) is 0 Å². The molecule has 2 rings (SSSR count). The van der Waals surface area contributed by atoms with Crippen LogP contribution in [0.2, 0.25) is 0 Å². The quantitative estimate of drug-likeness (QED) is 0.679. The molecule has 2 nitrogen and oxygen atoms in total. The zero-order chi connectivity index (χ0) is 10.6. The second kappa shape index (κ2) is 4.61. The van der Waals surface area contributed by atoms with E-state index in [4.69, 9.17) is 0 Å². The summed E-state index contributed by atoms with van der Waals surface area (Å²) in [6, 6.07) is 9.27. The molecule has 0 saturated heterocycles. The first-order valence-electron chi connectivity index (χ1n) is 4.86. The lowest BCUT2D eigenvalue weighted by atomic mass is 10.1. The fourth-order valence-electron chi connectivity index (χ4n) is 1.34. The van der Waals surface area contributed by atoms with E-state index in [9.17, 15) is 4.79 Å². The Balaban J connectivity index is 0.000000461. The molecule has 0 amide bonds. The minimum absolute atomic E-state index is 0.0481. The minimum atomic E-state index is -0.0481. The molecule has 2 aromatic rings. The Morgan fingerprint density at radius 3 is 2.50 bits per heavy atom. The number of hydrogen-bond acceptors (Lipinski definition) is 1. The molecule has 0 aliphatic rings. The van der Waals surface area contributed by atoms with Gasteiger partial charge in [0.15, 0.2) is 0 Å². The van der Waals surface area contributed by atoms with Crippen molar-refractivity contribution < 1.29 is 0 Å². The van der Waals surface area contributed by atoms with Crippen LogP contribution in [0.3, 0.4) is 0 Å². The zero-order valence-corrected chi connectivity index (χ0v) is 8.79. The van der Waals surface area contributed by atoms with Crippen molar-refractivity contribution in [2.75, 3.05) is 0 Å². The Labute approximate surface area is 83.6 Å². The highest BCUT2D eigenvalue weighted by Gasteiger charge is 1.95. The van der Waals surface area contributed by atoms with Gasteiger partial charge >= 0.3 is 0 Å². The van der Waals surface area contributed by atoms with Gasteiger partial charge in [-0.15, -0.1) is 0 Å². The molecule has 0 unspecified atom stereocenters. The summed E-state index contributed by atoms with van der Waals surface area (Å²) in [6.07, 6.45) is 0. The van der Waals surface area contributed by atoms with Crippen molar-refractivity contribution in [3.05, 3.63) is 46.2 Å². The van der Waals surface area contributed by atoms with Crippen LogP contribution in [0.1, 0.15) is 19.4 Å². The molecule has 0 radical (unpaired) electrons. The monoisotopic (exact) mass is 189 g/mol. The molecule has 14 heavy (non-hydrogen) atoms. The van der Waals surface area contributed by atoms with Crippen molar-refractivity contribution >= 4 is 10.9 Å². The van der Waals surface area contributed by atoms with Crippen LogP contribution in [-0.4, -0.2) is 4.98 Å². The van der Waals surface area contributed by atoms with Crippen LogP contribution < -0.4 is 5.56 Å². The molecular weight excluding hydrogens is 174 g/mol. The standard InChI is InChI=1S/C10H9NO.C2H6/c1-7-3-2-4-9-8(7)5-6-10(12)11-9;1-2/h2-6H,1H3,(H,11,12);1-2H3. The summed E-state index contributed by atoms with van der Waals surface area (Å²) in [6.45, 7) is 6.03. The lowest BCUT2D eigenvalue weighted by molar-refractivity contribution is 1.30. The van der Waals surface area contributed by atoms with Crippen molar-refractivity contribution in [3.8, 4) is 0 Å². The van der Waals surface area contributed by atoms with E-state index in [0.717, 1.165) is 10.9 Å². The summed E-state index contributed by atoms with van der Waals surface area (Å²) >= 11 is 0. The van der Waals surface area contributed by atoms with Gasteiger partial charge in [-0.05, 0) is 24.6 Å². The average Bonchev–Trinajstić information content (AvgIpc) is 2.21. The van der Waals surface area contributed by atoms with Gasteiger partial charge in [-0.3, -0.25) is 4.79 Å². The number of pyridine rings is 1. The number of benzene rings is 1. The van der Waals surface area contributed by atoms with Gasteiger partial charge < -0.3 is 4.98 Å². The Kier molecular flexibility index (Phi) is 3.46. The van der Waals surface area contributed by atoms with Crippen LogP contribution in [0.4, 0.5) is 0 Å². The highest BCUT2D eigenvalue weighted by Crippen LogP contribution is 2.13. The van der Waals surface area contributed by atoms with Gasteiger partial charge in [0.1, 0.15) is 0 Å². The normalized spacial score (nSPS) is 9.36. The summed E-state index contributed by atoms with van der Waals surface area (Å²) < 4.78 is 0. The second-order valence-electron chi connectivity index (χ2n) is 2.86. The fraction of sp³-hybridized carbons (Fsp3) is 0.250. The third kappa shape index (κ3) is 2.02. The second-order valence-corrected chi connectivity index (χ2v) is 2.86. The lowest BCUT2D eigenvalue weighted by Gasteiger charge is -1.98. The summed E-state index contributed by atoms with van der Waals surface area (Å²) in [7, 11) is 0. The predicted molar refractivity (Wildman–Crippen MR) is 60.7 cm³/mol. The summed E-state index contributed by atoms with van der Waals surface area (Å²) in [5.74, 6) is 0. The number of aryl methyl sites for hydroxylation is 1. The molecule has 0 bridgehead atoms. The highest BCUT2D eigenvalue weighted by atomic mass is 16.1. The number of fused-ring (bicyclic) bond motifs is 1. The summed E-state index contributed by atoms with van der Waals surface area (Å²) in [5, 5.41) is 1.11. The SMILES string of the molecule is CC.Cc1cccc2[nH]c(=O)ccc12. The Morgan fingerprint density at radius 1 is 1.07 bits per heavy atom. The summed E-state index contributed by atoms with van der Waals surface area (Å²) in [5.41, 5.74) is 2.04. The van der Waals surface area contributed by atoms with E-state index < -0.39 is 0 Å². The van der Waals surface area contributed by atoms with Gasteiger partial charge in [0.2, 0.25) is 5.56 Å². The molecule has 74 valence electrons. The minimum Gasteiger partial charge on any atom is -0.322 e. The Bertz CT molecular complexity index is 471. The van der Waals surface area contributed by atoms with Crippen LogP contribution in [0.5, 0.6) is 0 Å². The van der Waals surface area contributed by atoms with E-state index >= 15 is 0 Å². The largest absolute Gasteiger partial charge is 0.322 e. The molecule has 1 aromatic carbocycles. The van der Waals surface area contributed by atoms with Gasteiger partial charge in [-0.25, -0.2) is 0 Å². The van der Waals surface area contributed by atoms with Gasteiger partial charge in [0.05, 0.1) is 0 Å². The third-order valence-corrected chi connectivity index (χ3v) is 1.98. The lowest BCUT2D eigenvalue weighted by Crippen LogP contribution is -2.02. The van der Waals surface area contributed by atoms with Crippen LogP contribution >= 0.6 is 0 Å². The smallest absolute Gasteiger partial charge is 0.248 e. The first kappa shape index (κ1) is 10.5. The van der Waals surface area contributed by atoms with Crippen LogP contribution in [0.25, 0.3) is 10.9 Å². The molecule has 0 saturated carbocycles. The predicted octanol–water partition coefficient (Wildman–Crippen LogP) is 2.86. The molecule has 0 aliphatic heterocycles. The number of rotatable bonds is 0. The number of aromatic amines is 1. The molecule has 2 heteroatoms. The number of hydrogen-bond donors (Lipinski definition) is 1. The maximum Gasteiger partial charge on any atom is 0.248 e. The highest BCUT2D eigenvalue weighted by molar-refractivity contribution is 5.81. The average molecular weight is 189 g/mol. The first-order chi connectivity index (χ1) is 6.77. The number of H-pyrrole nitrogens is 1. The first-order valence-corrected chi connectivity index (χ1v) is 4.86. The topological polar surface area (TPSA) is 32.9 Å². The zero-order valence-electron chi connectivity index (χ0n) is 8.79. The summed E-state index contributed by atoms with van der Waals surface area (Å²) in [4.78, 5) is 13.7. The van der Waals surface area contributed by atoms with Gasteiger partial charge in [0, 0.05) is 17.0 Å². The molecule has 1 heterocycles. The number of aromatic nitrogens is 1. The number of nitrogens with one attached hydrogen (secondary N) is 1. The van der Waals surface area contributed by atoms with E-state index in [-0.39, 0.29) is 5.56 Å².